The predicted octanol–water partition coefficient (Wildman–Crippen LogP) is 3.79. The standard InChI is InChI=1S/C15H19NO2/c1-5-11-8-16(9(2)3)14-12(11)7-6-10(4)13(14)15(17)18/h6-9H,5H2,1-4H3,(H,17,18). The van der Waals surface area contributed by atoms with Crippen LogP contribution in [0.25, 0.3) is 10.9 Å². The normalized spacial score (nSPS) is 11.4. The fraction of sp³-hybridized carbons (Fsp3) is 0.400. The van der Waals surface area contributed by atoms with Crippen molar-refractivity contribution in [1.82, 2.24) is 4.57 Å². The van der Waals surface area contributed by atoms with Gasteiger partial charge in [-0.1, -0.05) is 19.1 Å². The summed E-state index contributed by atoms with van der Waals surface area (Å²) in [6, 6.07) is 4.19. The largest absolute Gasteiger partial charge is 0.478 e. The molecule has 0 amide bonds. The zero-order valence-electron chi connectivity index (χ0n) is 11.3. The number of hydrogen-bond donors (Lipinski definition) is 1. The van der Waals surface area contributed by atoms with E-state index in [1.807, 2.05) is 19.1 Å². The Bertz CT molecular complexity index is 608. The van der Waals surface area contributed by atoms with E-state index in [1.54, 1.807) is 0 Å². The highest BCUT2D eigenvalue weighted by Gasteiger charge is 2.19. The van der Waals surface area contributed by atoms with E-state index in [0.29, 0.717) is 5.56 Å². The lowest BCUT2D eigenvalue weighted by Gasteiger charge is -2.12. The second-order valence-electron chi connectivity index (χ2n) is 4.97. The summed E-state index contributed by atoms with van der Waals surface area (Å²) < 4.78 is 2.07. The van der Waals surface area contributed by atoms with E-state index in [0.717, 1.165) is 22.9 Å². The van der Waals surface area contributed by atoms with E-state index in [2.05, 4.69) is 31.5 Å². The fourth-order valence-electron chi connectivity index (χ4n) is 2.48. The molecule has 2 aromatic rings. The van der Waals surface area contributed by atoms with Gasteiger partial charge >= 0.3 is 5.97 Å². The number of carboxylic acid groups (broad SMARTS) is 1. The van der Waals surface area contributed by atoms with Crippen LogP contribution in [0.4, 0.5) is 0 Å². The van der Waals surface area contributed by atoms with Gasteiger partial charge in [-0.2, -0.15) is 0 Å². The second kappa shape index (κ2) is 4.48. The van der Waals surface area contributed by atoms with Crippen LogP contribution in [0.1, 0.15) is 48.3 Å². The Morgan fingerprint density at radius 1 is 1.39 bits per heavy atom. The van der Waals surface area contributed by atoms with E-state index in [-0.39, 0.29) is 6.04 Å². The van der Waals surface area contributed by atoms with Crippen LogP contribution < -0.4 is 0 Å². The third-order valence-electron chi connectivity index (χ3n) is 3.44. The minimum Gasteiger partial charge on any atom is -0.478 e. The molecule has 0 radical (unpaired) electrons. The molecule has 96 valence electrons. The summed E-state index contributed by atoms with van der Waals surface area (Å²) in [6.45, 7) is 8.10. The molecule has 1 aromatic heterocycles. The van der Waals surface area contributed by atoms with E-state index >= 15 is 0 Å². The van der Waals surface area contributed by atoms with Gasteiger partial charge in [-0.05, 0) is 38.3 Å². The van der Waals surface area contributed by atoms with Crippen LogP contribution in [0.2, 0.25) is 0 Å². The van der Waals surface area contributed by atoms with Crippen molar-refractivity contribution >= 4 is 16.9 Å². The third-order valence-corrected chi connectivity index (χ3v) is 3.44. The molecule has 0 aliphatic heterocycles. The first-order chi connectivity index (χ1) is 8.47. The first-order valence-corrected chi connectivity index (χ1v) is 6.33. The van der Waals surface area contributed by atoms with E-state index in [1.165, 1.54) is 5.56 Å². The molecule has 0 atom stereocenters. The molecule has 0 saturated carbocycles. The molecule has 1 N–H and O–H groups in total. The Labute approximate surface area is 107 Å². The van der Waals surface area contributed by atoms with E-state index in [9.17, 15) is 9.90 Å². The summed E-state index contributed by atoms with van der Waals surface area (Å²) in [7, 11) is 0. The lowest BCUT2D eigenvalue weighted by Crippen LogP contribution is -2.06. The van der Waals surface area contributed by atoms with Crippen molar-refractivity contribution in [3.8, 4) is 0 Å². The topological polar surface area (TPSA) is 42.2 Å². The summed E-state index contributed by atoms with van der Waals surface area (Å²) in [5, 5.41) is 10.5. The number of hydrogen-bond acceptors (Lipinski definition) is 1. The molecule has 3 nitrogen and oxygen atoms in total. The van der Waals surface area contributed by atoms with Crippen LogP contribution in [-0.2, 0) is 6.42 Å². The van der Waals surface area contributed by atoms with Crippen molar-refractivity contribution in [3.05, 3.63) is 35.0 Å². The smallest absolute Gasteiger partial charge is 0.338 e. The van der Waals surface area contributed by atoms with Crippen molar-refractivity contribution in [2.45, 2.75) is 40.2 Å². The lowest BCUT2D eigenvalue weighted by molar-refractivity contribution is 0.0698. The van der Waals surface area contributed by atoms with Crippen molar-refractivity contribution in [3.63, 3.8) is 0 Å². The number of aromatic carboxylic acids is 1. The number of aromatic nitrogens is 1. The van der Waals surface area contributed by atoms with Gasteiger partial charge in [0.05, 0.1) is 11.1 Å². The Balaban J connectivity index is 2.93. The van der Waals surface area contributed by atoms with Crippen LogP contribution in [0.3, 0.4) is 0 Å². The molecular weight excluding hydrogens is 226 g/mol. The Morgan fingerprint density at radius 2 is 2.06 bits per heavy atom. The van der Waals surface area contributed by atoms with Gasteiger partial charge in [0.25, 0.3) is 0 Å². The van der Waals surface area contributed by atoms with Gasteiger partial charge in [0.2, 0.25) is 0 Å². The molecule has 0 bridgehead atoms. The monoisotopic (exact) mass is 245 g/mol. The number of benzene rings is 1. The highest BCUT2D eigenvalue weighted by Crippen LogP contribution is 2.30. The molecule has 3 heteroatoms. The summed E-state index contributed by atoms with van der Waals surface area (Å²) in [4.78, 5) is 11.5. The highest BCUT2D eigenvalue weighted by atomic mass is 16.4. The molecule has 0 fully saturated rings. The summed E-state index contributed by atoms with van der Waals surface area (Å²) in [6.07, 6.45) is 3.00. The van der Waals surface area contributed by atoms with E-state index in [4.69, 9.17) is 0 Å². The van der Waals surface area contributed by atoms with Crippen LogP contribution >= 0.6 is 0 Å². The summed E-state index contributed by atoms with van der Waals surface area (Å²) >= 11 is 0. The van der Waals surface area contributed by atoms with Crippen LogP contribution in [0.5, 0.6) is 0 Å². The van der Waals surface area contributed by atoms with Crippen molar-refractivity contribution in [1.29, 1.82) is 0 Å². The number of rotatable bonds is 3. The second-order valence-corrected chi connectivity index (χ2v) is 4.97. The maximum Gasteiger partial charge on any atom is 0.338 e. The molecular formula is C15H19NO2. The molecule has 0 saturated heterocycles. The van der Waals surface area contributed by atoms with Gasteiger partial charge in [0, 0.05) is 17.6 Å². The number of fused-ring (bicyclic) bond motifs is 1. The minimum absolute atomic E-state index is 0.257. The molecule has 0 aliphatic carbocycles. The van der Waals surface area contributed by atoms with Crippen molar-refractivity contribution in [2.24, 2.45) is 0 Å². The zero-order valence-corrected chi connectivity index (χ0v) is 11.3. The summed E-state index contributed by atoms with van der Waals surface area (Å²) in [5.74, 6) is -0.847. The van der Waals surface area contributed by atoms with Gasteiger partial charge in [0.15, 0.2) is 0 Å². The van der Waals surface area contributed by atoms with Gasteiger partial charge in [-0.15, -0.1) is 0 Å². The maximum absolute atomic E-state index is 11.5. The van der Waals surface area contributed by atoms with Crippen LogP contribution in [0.15, 0.2) is 18.3 Å². The number of aryl methyl sites for hydroxylation is 2. The summed E-state index contributed by atoms with van der Waals surface area (Å²) in [5.41, 5.74) is 3.31. The van der Waals surface area contributed by atoms with Gasteiger partial charge < -0.3 is 9.67 Å². The Hall–Kier alpha value is -1.77. The van der Waals surface area contributed by atoms with Gasteiger partial charge in [0.1, 0.15) is 0 Å². The molecule has 18 heavy (non-hydrogen) atoms. The molecule has 0 spiro atoms. The molecule has 1 heterocycles. The Morgan fingerprint density at radius 3 is 2.56 bits per heavy atom. The molecule has 1 aromatic carbocycles. The first kappa shape index (κ1) is 12.7. The minimum atomic E-state index is -0.847. The van der Waals surface area contributed by atoms with E-state index < -0.39 is 5.97 Å². The van der Waals surface area contributed by atoms with Crippen LogP contribution in [-0.4, -0.2) is 15.6 Å². The molecule has 2 rings (SSSR count). The third kappa shape index (κ3) is 1.80. The fourth-order valence-corrected chi connectivity index (χ4v) is 2.48. The Kier molecular flexibility index (Phi) is 3.16. The van der Waals surface area contributed by atoms with Gasteiger partial charge in [-0.3, -0.25) is 0 Å². The molecule has 0 aliphatic rings. The molecule has 0 unspecified atom stereocenters. The lowest BCUT2D eigenvalue weighted by atomic mass is 10.0. The first-order valence-electron chi connectivity index (χ1n) is 6.33. The maximum atomic E-state index is 11.5. The number of carbonyl (C=O) groups is 1. The SMILES string of the molecule is CCc1cn(C(C)C)c2c(C(=O)O)c(C)ccc12. The predicted molar refractivity (Wildman–Crippen MR) is 73.4 cm³/mol. The quantitative estimate of drug-likeness (QED) is 0.893. The van der Waals surface area contributed by atoms with Gasteiger partial charge in [-0.25, -0.2) is 4.79 Å². The average Bonchev–Trinajstić information content (AvgIpc) is 2.66. The zero-order chi connectivity index (χ0) is 13.4. The highest BCUT2D eigenvalue weighted by molar-refractivity contribution is 6.04. The number of carboxylic acids is 1. The van der Waals surface area contributed by atoms with Crippen molar-refractivity contribution < 1.29 is 9.90 Å². The number of nitrogens with zero attached hydrogens (tertiary/aromatic N) is 1. The van der Waals surface area contributed by atoms with Crippen molar-refractivity contribution in [2.75, 3.05) is 0 Å². The average molecular weight is 245 g/mol. The van der Waals surface area contributed by atoms with Crippen LogP contribution in [0, 0.1) is 6.92 Å².